The average Bonchev–Trinajstić information content (AvgIpc) is 2.25. The van der Waals surface area contributed by atoms with Crippen molar-refractivity contribution in [1.82, 2.24) is 5.32 Å². The predicted molar refractivity (Wildman–Crippen MR) is 64.0 cm³/mol. The summed E-state index contributed by atoms with van der Waals surface area (Å²) in [5, 5.41) is 4.34. The van der Waals surface area contributed by atoms with Crippen molar-refractivity contribution in [2.45, 2.75) is 31.4 Å². The van der Waals surface area contributed by atoms with Crippen molar-refractivity contribution >= 4 is 11.8 Å². The zero-order valence-corrected chi connectivity index (χ0v) is 10.2. The number of ether oxygens (including phenoxy) is 1. The van der Waals surface area contributed by atoms with Crippen molar-refractivity contribution < 1.29 is 4.74 Å². The van der Waals surface area contributed by atoms with E-state index in [0.29, 0.717) is 0 Å². The van der Waals surface area contributed by atoms with Crippen LogP contribution in [-0.4, -0.2) is 37.8 Å². The molecule has 1 heterocycles. The summed E-state index contributed by atoms with van der Waals surface area (Å²) in [7, 11) is 0. The van der Waals surface area contributed by atoms with E-state index in [0.717, 1.165) is 24.4 Å². The van der Waals surface area contributed by atoms with Gasteiger partial charge in [-0.3, -0.25) is 0 Å². The molecule has 1 aliphatic heterocycles. The Morgan fingerprint density at radius 2 is 2.14 bits per heavy atom. The molecule has 1 fully saturated rings. The first-order chi connectivity index (χ1) is 6.83. The molecule has 1 N–H and O–H groups in total. The molecule has 84 valence electrons. The van der Waals surface area contributed by atoms with Crippen LogP contribution in [0.1, 0.15) is 26.2 Å². The van der Waals surface area contributed by atoms with Gasteiger partial charge in [-0.15, -0.1) is 0 Å². The van der Waals surface area contributed by atoms with Crippen molar-refractivity contribution in [3.8, 4) is 0 Å². The molecule has 0 saturated carbocycles. The Bertz CT molecular complexity index is 137. The lowest BCUT2D eigenvalue weighted by Crippen LogP contribution is -2.29. The Morgan fingerprint density at radius 1 is 1.43 bits per heavy atom. The van der Waals surface area contributed by atoms with Crippen LogP contribution in [0.15, 0.2) is 0 Å². The van der Waals surface area contributed by atoms with Crippen LogP contribution in [0.25, 0.3) is 0 Å². The van der Waals surface area contributed by atoms with Gasteiger partial charge < -0.3 is 10.1 Å². The first kappa shape index (κ1) is 12.3. The molecule has 0 bridgehead atoms. The van der Waals surface area contributed by atoms with Crippen LogP contribution in [-0.2, 0) is 4.74 Å². The zero-order valence-electron chi connectivity index (χ0n) is 9.42. The minimum Gasteiger partial charge on any atom is -0.381 e. The van der Waals surface area contributed by atoms with Crippen LogP contribution in [0.3, 0.4) is 0 Å². The molecular formula is C11H23NOS. The monoisotopic (exact) mass is 217 g/mol. The summed E-state index contributed by atoms with van der Waals surface area (Å²) in [6.45, 7) is 6.58. The Labute approximate surface area is 92.2 Å². The lowest BCUT2D eigenvalue weighted by molar-refractivity contribution is 0.0663. The van der Waals surface area contributed by atoms with E-state index in [2.05, 4.69) is 18.5 Å². The van der Waals surface area contributed by atoms with Gasteiger partial charge in [-0.05, 0) is 44.5 Å². The lowest BCUT2D eigenvalue weighted by atomic mass is 10.0. The maximum Gasteiger partial charge on any atom is 0.0469 e. The van der Waals surface area contributed by atoms with Gasteiger partial charge >= 0.3 is 0 Å². The van der Waals surface area contributed by atoms with Crippen molar-refractivity contribution in [2.24, 2.45) is 5.92 Å². The highest BCUT2D eigenvalue weighted by Gasteiger charge is 2.12. The second-order valence-electron chi connectivity index (χ2n) is 4.09. The van der Waals surface area contributed by atoms with Crippen molar-refractivity contribution in [2.75, 3.05) is 32.6 Å². The number of hydrogen-bond donors (Lipinski definition) is 1. The molecule has 0 aliphatic carbocycles. The highest BCUT2D eigenvalue weighted by Crippen LogP contribution is 2.13. The standard InChI is InChI=1S/C11H23NOS/c1-10(14-2)3-6-12-9-11-4-7-13-8-5-11/h10-12H,3-9H2,1-2H3. The number of nitrogens with one attached hydrogen (secondary N) is 1. The summed E-state index contributed by atoms with van der Waals surface area (Å²) >= 11 is 1.95. The molecule has 3 heteroatoms. The first-order valence-electron chi connectivity index (χ1n) is 5.64. The van der Waals surface area contributed by atoms with Crippen LogP contribution in [0, 0.1) is 5.92 Å². The molecule has 0 aromatic carbocycles. The molecule has 0 aromatic heterocycles. The number of hydrogen-bond acceptors (Lipinski definition) is 3. The van der Waals surface area contributed by atoms with Crippen molar-refractivity contribution in [3.05, 3.63) is 0 Å². The largest absolute Gasteiger partial charge is 0.381 e. The molecule has 14 heavy (non-hydrogen) atoms. The van der Waals surface area contributed by atoms with E-state index in [1.807, 2.05) is 11.8 Å². The maximum absolute atomic E-state index is 5.33. The number of rotatable bonds is 6. The Balaban J connectivity index is 1.92. The molecule has 0 spiro atoms. The average molecular weight is 217 g/mol. The Hall–Kier alpha value is 0.270. The Kier molecular flexibility index (Phi) is 6.65. The fourth-order valence-corrected chi connectivity index (χ4v) is 2.03. The second-order valence-corrected chi connectivity index (χ2v) is 5.37. The van der Waals surface area contributed by atoms with Crippen molar-refractivity contribution in [1.29, 1.82) is 0 Å². The third-order valence-electron chi connectivity index (χ3n) is 2.90. The maximum atomic E-state index is 5.33. The van der Waals surface area contributed by atoms with Gasteiger partial charge in [0.15, 0.2) is 0 Å². The summed E-state index contributed by atoms with van der Waals surface area (Å²) in [4.78, 5) is 0. The molecule has 1 saturated heterocycles. The van der Waals surface area contributed by atoms with E-state index in [-0.39, 0.29) is 0 Å². The van der Waals surface area contributed by atoms with Crippen LogP contribution in [0.4, 0.5) is 0 Å². The van der Waals surface area contributed by atoms with Crippen LogP contribution in [0.5, 0.6) is 0 Å². The van der Waals surface area contributed by atoms with Gasteiger partial charge in [0, 0.05) is 18.5 Å². The Morgan fingerprint density at radius 3 is 2.79 bits per heavy atom. The first-order valence-corrected chi connectivity index (χ1v) is 6.93. The molecule has 1 unspecified atom stereocenters. The normalized spacial score (nSPS) is 21.0. The molecule has 1 aliphatic rings. The van der Waals surface area contributed by atoms with Gasteiger partial charge in [0.2, 0.25) is 0 Å². The minimum atomic E-state index is 0.789. The predicted octanol–water partition coefficient (Wildman–Crippen LogP) is 2.14. The fraction of sp³-hybridized carbons (Fsp3) is 1.00. The van der Waals surface area contributed by atoms with E-state index in [9.17, 15) is 0 Å². The quantitative estimate of drug-likeness (QED) is 0.689. The molecule has 0 aromatic rings. The summed E-state index contributed by atoms with van der Waals surface area (Å²) in [5.41, 5.74) is 0. The van der Waals surface area contributed by atoms with Gasteiger partial charge in [-0.2, -0.15) is 11.8 Å². The highest BCUT2D eigenvalue weighted by molar-refractivity contribution is 7.99. The van der Waals surface area contributed by atoms with Crippen LogP contribution >= 0.6 is 11.8 Å². The van der Waals surface area contributed by atoms with Gasteiger partial charge in [0.25, 0.3) is 0 Å². The second kappa shape index (κ2) is 7.55. The zero-order chi connectivity index (χ0) is 10.2. The third kappa shape index (κ3) is 5.23. The lowest BCUT2D eigenvalue weighted by Gasteiger charge is -2.22. The minimum absolute atomic E-state index is 0.789. The summed E-state index contributed by atoms with van der Waals surface area (Å²) in [6.07, 6.45) is 5.95. The van der Waals surface area contributed by atoms with Crippen LogP contribution < -0.4 is 5.32 Å². The van der Waals surface area contributed by atoms with Gasteiger partial charge in [0.05, 0.1) is 0 Å². The number of thioether (sulfide) groups is 1. The summed E-state index contributed by atoms with van der Waals surface area (Å²) < 4.78 is 5.33. The van der Waals surface area contributed by atoms with Crippen LogP contribution in [0.2, 0.25) is 0 Å². The summed E-state index contributed by atoms with van der Waals surface area (Å²) in [6, 6.07) is 0. The molecule has 0 amide bonds. The van der Waals surface area contributed by atoms with E-state index in [1.165, 1.54) is 32.4 Å². The molecule has 2 nitrogen and oxygen atoms in total. The van der Waals surface area contributed by atoms with Gasteiger partial charge in [0.1, 0.15) is 0 Å². The van der Waals surface area contributed by atoms with Crippen molar-refractivity contribution in [3.63, 3.8) is 0 Å². The molecule has 0 radical (unpaired) electrons. The van der Waals surface area contributed by atoms with E-state index in [4.69, 9.17) is 4.74 Å². The molecule has 1 rings (SSSR count). The fourth-order valence-electron chi connectivity index (χ4n) is 1.68. The highest BCUT2D eigenvalue weighted by atomic mass is 32.2. The third-order valence-corrected chi connectivity index (χ3v) is 3.94. The molecular weight excluding hydrogens is 194 g/mol. The van der Waals surface area contributed by atoms with E-state index in [1.54, 1.807) is 0 Å². The van der Waals surface area contributed by atoms with E-state index >= 15 is 0 Å². The van der Waals surface area contributed by atoms with Gasteiger partial charge in [-0.1, -0.05) is 6.92 Å². The SMILES string of the molecule is CSC(C)CCNCC1CCOCC1. The molecule has 1 atom stereocenters. The topological polar surface area (TPSA) is 21.3 Å². The van der Waals surface area contributed by atoms with Gasteiger partial charge in [-0.25, -0.2) is 0 Å². The smallest absolute Gasteiger partial charge is 0.0469 e. The van der Waals surface area contributed by atoms with E-state index < -0.39 is 0 Å². The summed E-state index contributed by atoms with van der Waals surface area (Å²) in [5.74, 6) is 0.855.